The Bertz CT molecular complexity index is 807. The normalized spacial score (nSPS) is 21.9. The first-order valence-corrected chi connectivity index (χ1v) is 14.0. The lowest BCUT2D eigenvalue weighted by atomic mass is 9.79. The summed E-state index contributed by atoms with van der Waals surface area (Å²) in [5.74, 6) is 1.32. The van der Waals surface area contributed by atoms with E-state index < -0.39 is 6.10 Å². The molecule has 3 N–H and O–H groups in total. The number of piperidine rings is 1. The van der Waals surface area contributed by atoms with E-state index in [1.54, 1.807) is 12.1 Å². The number of aliphatic hydroxyl groups is 1. The van der Waals surface area contributed by atoms with Crippen LogP contribution < -0.4 is 10.6 Å². The number of nitrogens with zero attached hydrogens (tertiary/aromatic N) is 1. The molecule has 1 aromatic rings. The molecule has 0 spiro atoms. The van der Waals surface area contributed by atoms with Crippen LogP contribution in [-0.4, -0.2) is 60.1 Å². The summed E-state index contributed by atoms with van der Waals surface area (Å²) in [5.41, 5.74) is 1.90. The number of rotatable bonds is 11. The van der Waals surface area contributed by atoms with Crippen molar-refractivity contribution in [2.75, 3.05) is 26.2 Å². The predicted molar refractivity (Wildman–Crippen MR) is 142 cm³/mol. The summed E-state index contributed by atoms with van der Waals surface area (Å²) in [5, 5.41) is 17.2. The molecule has 1 heterocycles. The molecule has 35 heavy (non-hydrogen) atoms. The van der Waals surface area contributed by atoms with Gasteiger partial charge in [0.15, 0.2) is 0 Å². The number of hydrogen-bond acceptors (Lipinski definition) is 4. The second kappa shape index (κ2) is 14.0. The van der Waals surface area contributed by atoms with Crippen molar-refractivity contribution in [3.8, 4) is 0 Å². The van der Waals surface area contributed by atoms with Gasteiger partial charge >= 0.3 is 0 Å². The van der Waals surface area contributed by atoms with Crippen molar-refractivity contribution in [1.82, 2.24) is 15.5 Å². The zero-order chi connectivity index (χ0) is 25.2. The average Bonchev–Trinajstić information content (AvgIpc) is 2.87. The third kappa shape index (κ3) is 8.32. The van der Waals surface area contributed by atoms with Crippen molar-refractivity contribution in [3.05, 3.63) is 34.9 Å². The minimum absolute atomic E-state index is 0.0178. The molecular weight excluding hydrogens is 438 g/mol. The number of aryl methyl sites for hydroxylation is 1. The van der Waals surface area contributed by atoms with Crippen LogP contribution in [0.5, 0.6) is 0 Å². The van der Waals surface area contributed by atoms with E-state index in [9.17, 15) is 14.7 Å². The van der Waals surface area contributed by atoms with E-state index in [0.717, 1.165) is 43.7 Å². The highest BCUT2D eigenvalue weighted by Crippen LogP contribution is 2.32. The van der Waals surface area contributed by atoms with Crippen LogP contribution in [-0.2, 0) is 0 Å². The summed E-state index contributed by atoms with van der Waals surface area (Å²) in [4.78, 5) is 27.8. The molecule has 196 valence electrons. The van der Waals surface area contributed by atoms with E-state index in [1.165, 1.54) is 38.5 Å². The van der Waals surface area contributed by atoms with Gasteiger partial charge in [0.25, 0.3) is 11.8 Å². The molecule has 3 rings (SSSR count). The number of hydrogen-bond donors (Lipinski definition) is 3. The summed E-state index contributed by atoms with van der Waals surface area (Å²) in [6, 6.07) is 5.35. The van der Waals surface area contributed by atoms with E-state index in [-0.39, 0.29) is 24.4 Å². The third-order valence-corrected chi connectivity index (χ3v) is 7.74. The molecule has 1 aliphatic heterocycles. The molecule has 1 saturated carbocycles. The van der Waals surface area contributed by atoms with Crippen LogP contribution in [0.3, 0.4) is 0 Å². The van der Waals surface area contributed by atoms with Gasteiger partial charge in [-0.1, -0.05) is 46.0 Å². The van der Waals surface area contributed by atoms with Crippen LogP contribution >= 0.6 is 0 Å². The number of amides is 2. The molecule has 1 aromatic carbocycles. The standard InChI is InChI=1S/C29H47N3O3/c1-4-13-32(14-5-2)29(35)25-16-21(3)15-24(18-25)28(34)31-20-27(33)26-12-11-23(19-30-26)17-22-9-7-6-8-10-22/h15-16,18,22-23,26-27,30,33H,4-14,17,19-20H2,1-3H3,(H,31,34). The quantitative estimate of drug-likeness (QED) is 0.425. The zero-order valence-corrected chi connectivity index (χ0v) is 22.2. The number of carbonyl (C=O) groups excluding carboxylic acids is 2. The van der Waals surface area contributed by atoms with E-state index in [0.29, 0.717) is 30.1 Å². The van der Waals surface area contributed by atoms with Gasteiger partial charge in [-0.05, 0) is 81.2 Å². The van der Waals surface area contributed by atoms with Crippen LogP contribution in [0, 0.1) is 18.8 Å². The van der Waals surface area contributed by atoms with Gasteiger partial charge in [-0.25, -0.2) is 0 Å². The molecule has 3 atom stereocenters. The molecule has 6 nitrogen and oxygen atoms in total. The van der Waals surface area contributed by atoms with Gasteiger partial charge in [0.2, 0.25) is 0 Å². The minimum atomic E-state index is -0.620. The van der Waals surface area contributed by atoms with Crippen LogP contribution in [0.1, 0.15) is 104 Å². The Kier molecular flexibility index (Phi) is 11.1. The average molecular weight is 486 g/mol. The maximum atomic E-state index is 13.0. The van der Waals surface area contributed by atoms with Crippen molar-refractivity contribution in [3.63, 3.8) is 0 Å². The fourth-order valence-corrected chi connectivity index (χ4v) is 5.88. The molecule has 3 unspecified atom stereocenters. The SMILES string of the molecule is CCCN(CCC)C(=O)c1cc(C)cc(C(=O)NCC(O)C2CCC(CC3CCCCC3)CN2)c1. The Hall–Kier alpha value is -1.92. The van der Waals surface area contributed by atoms with Crippen molar-refractivity contribution >= 4 is 11.8 Å². The maximum absolute atomic E-state index is 13.0. The summed E-state index contributed by atoms with van der Waals surface area (Å²) >= 11 is 0. The Morgan fingerprint density at radius 3 is 2.31 bits per heavy atom. The smallest absolute Gasteiger partial charge is 0.253 e. The highest BCUT2D eigenvalue weighted by atomic mass is 16.3. The van der Waals surface area contributed by atoms with Crippen molar-refractivity contribution in [2.24, 2.45) is 11.8 Å². The van der Waals surface area contributed by atoms with E-state index in [1.807, 2.05) is 17.9 Å². The molecule has 2 amide bonds. The third-order valence-electron chi connectivity index (χ3n) is 7.74. The van der Waals surface area contributed by atoms with Crippen LogP contribution in [0.4, 0.5) is 0 Å². The monoisotopic (exact) mass is 485 g/mol. The van der Waals surface area contributed by atoms with Crippen molar-refractivity contribution in [1.29, 1.82) is 0 Å². The summed E-state index contributed by atoms with van der Waals surface area (Å²) in [6.45, 7) is 8.62. The Morgan fingerprint density at radius 1 is 1.00 bits per heavy atom. The second-order valence-corrected chi connectivity index (χ2v) is 10.9. The Balaban J connectivity index is 1.49. The van der Waals surface area contributed by atoms with Crippen LogP contribution in [0.2, 0.25) is 0 Å². The lowest BCUT2D eigenvalue weighted by molar-refractivity contribution is 0.0755. The largest absolute Gasteiger partial charge is 0.390 e. The first kappa shape index (κ1) is 27.7. The number of carbonyl (C=O) groups is 2. The zero-order valence-electron chi connectivity index (χ0n) is 22.2. The topological polar surface area (TPSA) is 81.7 Å². The predicted octanol–water partition coefficient (Wildman–Crippen LogP) is 4.69. The van der Waals surface area contributed by atoms with Crippen molar-refractivity contribution in [2.45, 2.75) is 97.1 Å². The highest BCUT2D eigenvalue weighted by Gasteiger charge is 2.28. The van der Waals surface area contributed by atoms with Crippen LogP contribution in [0.25, 0.3) is 0 Å². The van der Waals surface area contributed by atoms with E-state index in [2.05, 4.69) is 24.5 Å². The van der Waals surface area contributed by atoms with Gasteiger partial charge in [0, 0.05) is 36.8 Å². The molecular formula is C29H47N3O3. The highest BCUT2D eigenvalue weighted by molar-refractivity contribution is 6.00. The van der Waals surface area contributed by atoms with Gasteiger partial charge in [-0.15, -0.1) is 0 Å². The van der Waals surface area contributed by atoms with Gasteiger partial charge in [0.05, 0.1) is 6.10 Å². The maximum Gasteiger partial charge on any atom is 0.253 e. The summed E-state index contributed by atoms with van der Waals surface area (Å²) in [7, 11) is 0. The first-order valence-electron chi connectivity index (χ1n) is 14.0. The molecule has 1 saturated heterocycles. The molecule has 1 aliphatic carbocycles. The fraction of sp³-hybridized carbons (Fsp3) is 0.724. The first-order chi connectivity index (χ1) is 16.9. The van der Waals surface area contributed by atoms with E-state index in [4.69, 9.17) is 0 Å². The van der Waals surface area contributed by atoms with Gasteiger partial charge in [0.1, 0.15) is 0 Å². The fourth-order valence-electron chi connectivity index (χ4n) is 5.88. The number of benzene rings is 1. The van der Waals surface area contributed by atoms with Gasteiger partial charge in [-0.2, -0.15) is 0 Å². The Labute approximate surface area is 212 Å². The lowest BCUT2D eigenvalue weighted by Crippen LogP contribution is -2.50. The minimum Gasteiger partial charge on any atom is -0.390 e. The summed E-state index contributed by atoms with van der Waals surface area (Å²) in [6.07, 6.45) is 11.5. The van der Waals surface area contributed by atoms with Gasteiger partial charge in [-0.3, -0.25) is 9.59 Å². The second-order valence-electron chi connectivity index (χ2n) is 10.9. The van der Waals surface area contributed by atoms with E-state index >= 15 is 0 Å². The van der Waals surface area contributed by atoms with Crippen molar-refractivity contribution < 1.29 is 14.7 Å². The van der Waals surface area contributed by atoms with Crippen LogP contribution in [0.15, 0.2) is 18.2 Å². The molecule has 0 bridgehead atoms. The molecule has 0 aromatic heterocycles. The molecule has 2 fully saturated rings. The summed E-state index contributed by atoms with van der Waals surface area (Å²) < 4.78 is 0. The lowest BCUT2D eigenvalue weighted by Gasteiger charge is -2.35. The molecule has 6 heteroatoms. The Morgan fingerprint density at radius 2 is 1.69 bits per heavy atom. The number of aliphatic hydroxyl groups excluding tert-OH is 1. The number of nitrogens with one attached hydrogen (secondary N) is 2. The molecule has 0 radical (unpaired) electrons. The molecule has 2 aliphatic rings. The van der Waals surface area contributed by atoms with Gasteiger partial charge < -0.3 is 20.6 Å².